The van der Waals surface area contributed by atoms with Gasteiger partial charge in [-0.1, -0.05) is 0 Å². The number of aliphatic carboxylic acids is 1. The first-order valence-corrected chi connectivity index (χ1v) is 6.20. The first-order chi connectivity index (χ1) is 9.72. The van der Waals surface area contributed by atoms with Crippen molar-refractivity contribution in [3.63, 3.8) is 0 Å². The van der Waals surface area contributed by atoms with E-state index >= 15 is 0 Å². The van der Waals surface area contributed by atoms with Gasteiger partial charge >= 0.3 is 5.97 Å². The number of nitro groups is 1. The van der Waals surface area contributed by atoms with E-state index in [1.54, 1.807) is 6.92 Å². The first-order valence-electron chi connectivity index (χ1n) is 6.20. The summed E-state index contributed by atoms with van der Waals surface area (Å²) >= 11 is 0. The van der Waals surface area contributed by atoms with Crippen LogP contribution in [0.15, 0.2) is 18.2 Å². The fourth-order valence-electron chi connectivity index (χ4n) is 1.64. The number of hydrogen-bond acceptors (Lipinski definition) is 5. The maximum Gasteiger partial charge on any atom is 0.320 e. The van der Waals surface area contributed by atoms with E-state index in [4.69, 9.17) is 5.11 Å². The third kappa shape index (κ3) is 5.30. The van der Waals surface area contributed by atoms with Crippen molar-refractivity contribution in [1.29, 1.82) is 0 Å². The minimum atomic E-state index is -1.02. The van der Waals surface area contributed by atoms with Crippen LogP contribution in [0.2, 0.25) is 0 Å². The molecule has 8 nitrogen and oxygen atoms in total. The molecule has 0 heterocycles. The molecular formula is C13H18ClN3O5. The van der Waals surface area contributed by atoms with Gasteiger partial charge in [0.15, 0.2) is 0 Å². The molecule has 1 aromatic rings. The predicted molar refractivity (Wildman–Crippen MR) is 83.4 cm³/mol. The summed E-state index contributed by atoms with van der Waals surface area (Å²) in [7, 11) is 1.53. The third-order valence-corrected chi connectivity index (χ3v) is 3.11. The van der Waals surface area contributed by atoms with Gasteiger partial charge in [-0.15, -0.1) is 12.4 Å². The number of anilines is 1. The lowest BCUT2D eigenvalue weighted by molar-refractivity contribution is -0.384. The molecule has 1 aromatic carbocycles. The molecule has 122 valence electrons. The average Bonchev–Trinajstić information content (AvgIpc) is 2.39. The summed E-state index contributed by atoms with van der Waals surface area (Å²) in [5, 5.41) is 22.1. The molecule has 1 rings (SSSR count). The number of amides is 1. The summed E-state index contributed by atoms with van der Waals surface area (Å²) in [6, 6.07) is 3.32. The van der Waals surface area contributed by atoms with Crippen molar-refractivity contribution in [2.24, 2.45) is 0 Å². The number of benzene rings is 1. The fourth-order valence-corrected chi connectivity index (χ4v) is 1.64. The van der Waals surface area contributed by atoms with Crippen LogP contribution in [0.4, 0.5) is 11.4 Å². The Bertz CT molecular complexity index is 579. The smallest absolute Gasteiger partial charge is 0.320 e. The Kier molecular flexibility index (Phi) is 7.47. The molecule has 0 saturated carbocycles. The molecule has 1 amide bonds. The SMILES string of the molecule is Cc1cc([N+](=O)[O-])ccc1NC(=O)CN(C)C(C)C(=O)O.Cl. The molecule has 0 bridgehead atoms. The highest BCUT2D eigenvalue weighted by Crippen LogP contribution is 2.21. The van der Waals surface area contributed by atoms with Crippen molar-refractivity contribution in [1.82, 2.24) is 4.90 Å². The lowest BCUT2D eigenvalue weighted by Gasteiger charge is -2.20. The number of halogens is 1. The normalized spacial score (nSPS) is 11.5. The van der Waals surface area contributed by atoms with Crippen molar-refractivity contribution >= 4 is 35.7 Å². The predicted octanol–water partition coefficient (Wildman–Crippen LogP) is 1.67. The van der Waals surface area contributed by atoms with Crippen LogP contribution < -0.4 is 5.32 Å². The minimum Gasteiger partial charge on any atom is -0.480 e. The van der Waals surface area contributed by atoms with Gasteiger partial charge in [-0.05, 0) is 32.5 Å². The van der Waals surface area contributed by atoms with Crippen LogP contribution in [0.3, 0.4) is 0 Å². The molecule has 0 aliphatic rings. The summed E-state index contributed by atoms with van der Waals surface area (Å²) in [6.45, 7) is 3.03. The number of rotatable bonds is 6. The van der Waals surface area contributed by atoms with Crippen LogP contribution in [-0.2, 0) is 9.59 Å². The molecule has 0 aliphatic heterocycles. The molecule has 0 aliphatic carbocycles. The summed E-state index contributed by atoms with van der Waals surface area (Å²) in [5.74, 6) is -1.40. The molecule has 0 spiro atoms. The number of carbonyl (C=O) groups excluding carboxylic acids is 1. The van der Waals surface area contributed by atoms with Gasteiger partial charge in [-0.25, -0.2) is 0 Å². The van der Waals surface area contributed by atoms with E-state index in [0.29, 0.717) is 11.3 Å². The number of nitrogens with one attached hydrogen (secondary N) is 1. The largest absolute Gasteiger partial charge is 0.480 e. The molecule has 0 aromatic heterocycles. The Morgan fingerprint density at radius 2 is 2.05 bits per heavy atom. The average molecular weight is 332 g/mol. The number of nitrogens with zero attached hydrogens (tertiary/aromatic N) is 2. The van der Waals surface area contributed by atoms with Gasteiger partial charge in [0.25, 0.3) is 5.69 Å². The van der Waals surface area contributed by atoms with Crippen LogP contribution >= 0.6 is 12.4 Å². The van der Waals surface area contributed by atoms with Gasteiger partial charge in [-0.3, -0.25) is 24.6 Å². The second-order valence-corrected chi connectivity index (χ2v) is 4.73. The fraction of sp³-hybridized carbons (Fsp3) is 0.385. The number of likely N-dealkylation sites (N-methyl/N-ethyl adjacent to an activating group) is 1. The third-order valence-electron chi connectivity index (χ3n) is 3.11. The quantitative estimate of drug-likeness (QED) is 0.605. The van der Waals surface area contributed by atoms with Crippen molar-refractivity contribution in [3.05, 3.63) is 33.9 Å². The summed E-state index contributed by atoms with van der Waals surface area (Å²) in [6.07, 6.45) is 0. The van der Waals surface area contributed by atoms with Crippen LogP contribution in [0, 0.1) is 17.0 Å². The maximum absolute atomic E-state index is 11.8. The molecule has 2 N–H and O–H groups in total. The van der Waals surface area contributed by atoms with Crippen molar-refractivity contribution in [2.75, 3.05) is 18.9 Å². The molecule has 0 fully saturated rings. The zero-order valence-electron chi connectivity index (χ0n) is 12.4. The number of carboxylic acids is 1. The van der Waals surface area contributed by atoms with E-state index in [9.17, 15) is 19.7 Å². The Balaban J connectivity index is 0.00000441. The van der Waals surface area contributed by atoms with E-state index in [2.05, 4.69) is 5.32 Å². The molecule has 1 atom stereocenters. The molecule has 9 heteroatoms. The van der Waals surface area contributed by atoms with Crippen LogP contribution in [0.1, 0.15) is 12.5 Å². The second kappa shape index (κ2) is 8.30. The zero-order chi connectivity index (χ0) is 16.2. The Morgan fingerprint density at radius 3 is 2.50 bits per heavy atom. The second-order valence-electron chi connectivity index (χ2n) is 4.73. The van der Waals surface area contributed by atoms with E-state index in [1.807, 2.05) is 0 Å². The highest BCUT2D eigenvalue weighted by atomic mass is 35.5. The Labute approximate surface area is 133 Å². The highest BCUT2D eigenvalue weighted by molar-refractivity contribution is 5.93. The Hall–Kier alpha value is -2.19. The lowest BCUT2D eigenvalue weighted by Crippen LogP contribution is -2.40. The van der Waals surface area contributed by atoms with Gasteiger partial charge in [0.2, 0.25) is 5.91 Å². The maximum atomic E-state index is 11.8. The minimum absolute atomic E-state index is 0. The first kappa shape index (κ1) is 19.8. The molecule has 22 heavy (non-hydrogen) atoms. The topological polar surface area (TPSA) is 113 Å². The van der Waals surface area contributed by atoms with Crippen LogP contribution in [0.5, 0.6) is 0 Å². The van der Waals surface area contributed by atoms with E-state index in [1.165, 1.54) is 37.1 Å². The Morgan fingerprint density at radius 1 is 1.45 bits per heavy atom. The van der Waals surface area contributed by atoms with Gasteiger partial charge in [0.1, 0.15) is 6.04 Å². The summed E-state index contributed by atoms with van der Waals surface area (Å²) in [5.41, 5.74) is 0.968. The van der Waals surface area contributed by atoms with Crippen molar-refractivity contribution in [3.8, 4) is 0 Å². The number of nitro benzene ring substituents is 1. The van der Waals surface area contributed by atoms with Gasteiger partial charge in [0, 0.05) is 17.8 Å². The standard InChI is InChI=1S/C13H17N3O5.ClH/c1-8-6-10(16(20)21)4-5-11(8)14-12(17)7-15(3)9(2)13(18)19;/h4-6,9H,7H2,1-3H3,(H,14,17)(H,18,19);1H. The summed E-state index contributed by atoms with van der Waals surface area (Å²) in [4.78, 5) is 34.1. The van der Waals surface area contributed by atoms with E-state index in [-0.39, 0.29) is 30.5 Å². The van der Waals surface area contributed by atoms with Gasteiger partial charge in [0.05, 0.1) is 11.5 Å². The van der Waals surface area contributed by atoms with Gasteiger partial charge < -0.3 is 10.4 Å². The van der Waals surface area contributed by atoms with Gasteiger partial charge in [-0.2, -0.15) is 0 Å². The number of non-ortho nitro benzene ring substituents is 1. The van der Waals surface area contributed by atoms with Crippen molar-refractivity contribution in [2.45, 2.75) is 19.9 Å². The van der Waals surface area contributed by atoms with Crippen LogP contribution in [-0.4, -0.2) is 46.4 Å². The number of carbonyl (C=O) groups is 2. The number of hydrogen-bond donors (Lipinski definition) is 2. The lowest BCUT2D eigenvalue weighted by atomic mass is 10.2. The molecule has 0 radical (unpaired) electrons. The number of aryl methyl sites for hydroxylation is 1. The van der Waals surface area contributed by atoms with E-state index < -0.39 is 16.9 Å². The monoisotopic (exact) mass is 331 g/mol. The van der Waals surface area contributed by atoms with Crippen molar-refractivity contribution < 1.29 is 19.6 Å². The van der Waals surface area contributed by atoms with Crippen LogP contribution in [0.25, 0.3) is 0 Å². The molecule has 1 unspecified atom stereocenters. The van der Waals surface area contributed by atoms with E-state index in [0.717, 1.165) is 0 Å². The molecule has 0 saturated heterocycles. The number of carboxylic acid groups (broad SMARTS) is 1. The summed E-state index contributed by atoms with van der Waals surface area (Å²) < 4.78 is 0. The molecular weight excluding hydrogens is 314 g/mol. The zero-order valence-corrected chi connectivity index (χ0v) is 13.2. The highest BCUT2D eigenvalue weighted by Gasteiger charge is 2.19.